The molecule has 3 heteroatoms. The number of aliphatic hydroxyl groups is 1. The second-order valence-electron chi connectivity index (χ2n) is 5.75. The van der Waals surface area contributed by atoms with Crippen molar-refractivity contribution in [2.24, 2.45) is 0 Å². The van der Waals surface area contributed by atoms with Crippen molar-refractivity contribution in [3.63, 3.8) is 0 Å². The van der Waals surface area contributed by atoms with E-state index in [9.17, 15) is 5.11 Å². The summed E-state index contributed by atoms with van der Waals surface area (Å²) in [5.41, 5.74) is 1.21. The summed E-state index contributed by atoms with van der Waals surface area (Å²) in [7, 11) is 0. The molecule has 1 aliphatic rings. The molecule has 1 N–H and O–H groups in total. The minimum absolute atomic E-state index is 0.724. The quantitative estimate of drug-likeness (QED) is 0.931. The van der Waals surface area contributed by atoms with Gasteiger partial charge in [0, 0.05) is 30.2 Å². The van der Waals surface area contributed by atoms with Crippen molar-refractivity contribution in [2.75, 3.05) is 19.6 Å². The van der Waals surface area contributed by atoms with Crippen LogP contribution in [0.1, 0.15) is 31.7 Å². The zero-order valence-electron chi connectivity index (χ0n) is 12.0. The largest absolute Gasteiger partial charge is 0.385 e. The maximum absolute atomic E-state index is 11.1. The van der Waals surface area contributed by atoms with Gasteiger partial charge in [-0.15, -0.1) is 0 Å². The summed E-state index contributed by atoms with van der Waals surface area (Å²) in [6.45, 7) is 5.26. The molecule has 2 aromatic rings. The van der Waals surface area contributed by atoms with E-state index in [-0.39, 0.29) is 0 Å². The van der Waals surface area contributed by atoms with Gasteiger partial charge >= 0.3 is 0 Å². The smallest absolute Gasteiger partial charge is 0.0941 e. The lowest BCUT2D eigenvalue weighted by Gasteiger charge is -2.38. The molecule has 0 bridgehead atoms. The average Bonchev–Trinajstić information content (AvgIpc) is 2.49. The van der Waals surface area contributed by atoms with Gasteiger partial charge < -0.3 is 10.0 Å². The summed E-state index contributed by atoms with van der Waals surface area (Å²) < 4.78 is 0. The Balaban J connectivity index is 1.91. The zero-order valence-corrected chi connectivity index (χ0v) is 12.0. The molecule has 106 valence electrons. The van der Waals surface area contributed by atoms with Crippen molar-refractivity contribution >= 4 is 10.9 Å². The topological polar surface area (TPSA) is 36.4 Å². The molecule has 20 heavy (non-hydrogen) atoms. The van der Waals surface area contributed by atoms with E-state index in [0.29, 0.717) is 0 Å². The van der Waals surface area contributed by atoms with Gasteiger partial charge in [-0.3, -0.25) is 4.98 Å². The van der Waals surface area contributed by atoms with Crippen LogP contribution in [-0.2, 0) is 5.60 Å². The van der Waals surface area contributed by atoms with Gasteiger partial charge in [-0.05, 0) is 31.9 Å². The number of hydrogen-bond acceptors (Lipinski definition) is 3. The SMILES string of the molecule is CCCN1CCC(O)(c2cccc3cccnc23)CC1. The Morgan fingerprint density at radius 2 is 1.95 bits per heavy atom. The normalized spacial score (nSPS) is 19.3. The molecule has 1 aliphatic heterocycles. The molecule has 3 nitrogen and oxygen atoms in total. The lowest BCUT2D eigenvalue weighted by Crippen LogP contribution is -2.42. The van der Waals surface area contributed by atoms with Gasteiger partial charge in [-0.2, -0.15) is 0 Å². The summed E-state index contributed by atoms with van der Waals surface area (Å²) in [5, 5.41) is 12.2. The van der Waals surface area contributed by atoms with Crippen LogP contribution in [0.5, 0.6) is 0 Å². The van der Waals surface area contributed by atoms with Crippen LogP contribution >= 0.6 is 0 Å². The molecule has 0 aliphatic carbocycles. The van der Waals surface area contributed by atoms with Gasteiger partial charge in [0.25, 0.3) is 0 Å². The van der Waals surface area contributed by atoms with Crippen LogP contribution in [0.15, 0.2) is 36.5 Å². The van der Waals surface area contributed by atoms with E-state index in [4.69, 9.17) is 0 Å². The zero-order chi connectivity index (χ0) is 14.0. The predicted octanol–water partition coefficient (Wildman–Crippen LogP) is 2.93. The highest BCUT2D eigenvalue weighted by Crippen LogP contribution is 2.36. The Morgan fingerprint density at radius 1 is 1.20 bits per heavy atom. The number of fused-ring (bicyclic) bond motifs is 1. The van der Waals surface area contributed by atoms with E-state index in [1.165, 1.54) is 6.42 Å². The molecule has 0 saturated carbocycles. The first-order valence-electron chi connectivity index (χ1n) is 7.52. The molecule has 1 aromatic carbocycles. The van der Waals surface area contributed by atoms with Crippen molar-refractivity contribution in [3.05, 3.63) is 42.1 Å². The molecule has 1 fully saturated rings. The minimum Gasteiger partial charge on any atom is -0.385 e. The lowest BCUT2D eigenvalue weighted by atomic mass is 9.83. The third kappa shape index (κ3) is 2.43. The van der Waals surface area contributed by atoms with E-state index in [0.717, 1.165) is 48.9 Å². The number of para-hydroxylation sites is 1. The molecule has 0 atom stereocenters. The number of piperidine rings is 1. The molecule has 0 amide bonds. The number of aromatic nitrogens is 1. The van der Waals surface area contributed by atoms with E-state index in [2.05, 4.69) is 28.9 Å². The Morgan fingerprint density at radius 3 is 2.70 bits per heavy atom. The van der Waals surface area contributed by atoms with Crippen LogP contribution in [0.3, 0.4) is 0 Å². The number of rotatable bonds is 3. The number of nitrogens with zero attached hydrogens (tertiary/aromatic N) is 2. The van der Waals surface area contributed by atoms with Crippen molar-refractivity contribution in [3.8, 4) is 0 Å². The molecule has 1 aromatic heterocycles. The second kappa shape index (κ2) is 5.51. The molecule has 0 spiro atoms. The van der Waals surface area contributed by atoms with E-state index >= 15 is 0 Å². The monoisotopic (exact) mass is 270 g/mol. The fourth-order valence-electron chi connectivity index (χ4n) is 3.21. The summed E-state index contributed by atoms with van der Waals surface area (Å²) in [5.74, 6) is 0. The summed E-state index contributed by atoms with van der Waals surface area (Å²) in [6, 6.07) is 10.1. The van der Waals surface area contributed by atoms with Gasteiger partial charge in [0.15, 0.2) is 0 Å². The van der Waals surface area contributed by atoms with Crippen LogP contribution in [-0.4, -0.2) is 34.6 Å². The van der Waals surface area contributed by atoms with E-state index in [1.807, 2.05) is 18.2 Å². The van der Waals surface area contributed by atoms with Gasteiger partial charge in [0.05, 0.1) is 11.1 Å². The maximum atomic E-state index is 11.1. The fraction of sp³-hybridized carbons (Fsp3) is 0.471. The van der Waals surface area contributed by atoms with Crippen LogP contribution in [0.4, 0.5) is 0 Å². The van der Waals surface area contributed by atoms with Crippen LogP contribution in [0.2, 0.25) is 0 Å². The average molecular weight is 270 g/mol. The standard InChI is InChI=1S/C17H22N2O/c1-2-11-19-12-8-17(20,9-13-19)15-7-3-5-14-6-4-10-18-16(14)15/h3-7,10,20H,2,8-9,11-13H2,1H3. The molecular formula is C17H22N2O. The first kappa shape index (κ1) is 13.5. The Hall–Kier alpha value is -1.45. The first-order chi connectivity index (χ1) is 9.73. The fourth-order valence-corrected chi connectivity index (χ4v) is 3.21. The highest BCUT2D eigenvalue weighted by Gasteiger charge is 2.35. The van der Waals surface area contributed by atoms with Crippen LogP contribution in [0, 0.1) is 0 Å². The van der Waals surface area contributed by atoms with Gasteiger partial charge in [0.2, 0.25) is 0 Å². The first-order valence-corrected chi connectivity index (χ1v) is 7.52. The molecule has 0 radical (unpaired) electrons. The second-order valence-corrected chi connectivity index (χ2v) is 5.75. The highest BCUT2D eigenvalue weighted by atomic mass is 16.3. The molecule has 2 heterocycles. The molecule has 1 saturated heterocycles. The number of benzene rings is 1. The van der Waals surface area contributed by atoms with Crippen LogP contribution in [0.25, 0.3) is 10.9 Å². The Kier molecular flexibility index (Phi) is 3.72. The van der Waals surface area contributed by atoms with Crippen molar-refractivity contribution in [2.45, 2.75) is 31.8 Å². The van der Waals surface area contributed by atoms with E-state index < -0.39 is 5.60 Å². The third-order valence-corrected chi connectivity index (χ3v) is 4.36. The lowest BCUT2D eigenvalue weighted by molar-refractivity contribution is -0.0247. The maximum Gasteiger partial charge on any atom is 0.0941 e. The van der Waals surface area contributed by atoms with Gasteiger partial charge in [-0.25, -0.2) is 0 Å². The number of pyridine rings is 1. The van der Waals surface area contributed by atoms with Crippen molar-refractivity contribution < 1.29 is 5.11 Å². The summed E-state index contributed by atoms with van der Waals surface area (Å²) in [4.78, 5) is 6.92. The summed E-state index contributed by atoms with van der Waals surface area (Å²) in [6.07, 6.45) is 4.57. The third-order valence-electron chi connectivity index (χ3n) is 4.36. The summed E-state index contributed by atoms with van der Waals surface area (Å²) >= 11 is 0. The minimum atomic E-state index is -0.724. The predicted molar refractivity (Wildman–Crippen MR) is 81.6 cm³/mol. The number of hydrogen-bond donors (Lipinski definition) is 1. The van der Waals surface area contributed by atoms with Crippen LogP contribution < -0.4 is 0 Å². The molecule has 3 rings (SSSR count). The Labute approximate surface area is 120 Å². The number of likely N-dealkylation sites (tertiary alicyclic amines) is 1. The molecule has 0 unspecified atom stereocenters. The van der Waals surface area contributed by atoms with Crippen molar-refractivity contribution in [1.29, 1.82) is 0 Å². The van der Waals surface area contributed by atoms with E-state index in [1.54, 1.807) is 6.20 Å². The highest BCUT2D eigenvalue weighted by molar-refractivity contribution is 5.82. The van der Waals surface area contributed by atoms with Crippen molar-refractivity contribution in [1.82, 2.24) is 9.88 Å². The van der Waals surface area contributed by atoms with Gasteiger partial charge in [0.1, 0.15) is 0 Å². The molecular weight excluding hydrogens is 248 g/mol. The van der Waals surface area contributed by atoms with Gasteiger partial charge in [-0.1, -0.05) is 31.2 Å². The Bertz CT molecular complexity index is 583.